The van der Waals surface area contributed by atoms with Crippen molar-refractivity contribution in [2.45, 2.75) is 51.7 Å². The molecule has 1 atom stereocenters. The molecule has 2 aromatic rings. The van der Waals surface area contributed by atoms with Crippen molar-refractivity contribution in [3.05, 3.63) is 29.3 Å². The number of hydrogen-bond donors (Lipinski definition) is 1. The van der Waals surface area contributed by atoms with Gasteiger partial charge in [-0.1, -0.05) is 20.8 Å². The molecule has 1 aliphatic rings. The largest absolute Gasteiger partial charge is 0.484 e. The summed E-state index contributed by atoms with van der Waals surface area (Å²) in [5.74, 6) is -0.0723. The van der Waals surface area contributed by atoms with Crippen molar-refractivity contribution in [3.8, 4) is 5.75 Å². The fourth-order valence-corrected chi connectivity index (χ4v) is 2.84. The number of hydrogen-bond acceptors (Lipinski definition) is 6. The first-order chi connectivity index (χ1) is 13.4. The molecule has 3 rings (SSSR count). The Morgan fingerprint density at radius 3 is 2.55 bits per heavy atom. The minimum Gasteiger partial charge on any atom is -0.484 e. The maximum atomic E-state index is 12.8. The number of alkyl halides is 3. The van der Waals surface area contributed by atoms with Gasteiger partial charge in [-0.3, -0.25) is 9.78 Å². The van der Waals surface area contributed by atoms with Gasteiger partial charge in [0, 0.05) is 17.8 Å². The molecule has 2 heterocycles. The number of rotatable bonds is 6. The summed E-state index contributed by atoms with van der Waals surface area (Å²) >= 11 is 0. The number of tetrazole rings is 1. The molecular formula is C18H23F3N6O2. The Morgan fingerprint density at radius 2 is 2.03 bits per heavy atom. The zero-order valence-electron chi connectivity index (χ0n) is 16.6. The van der Waals surface area contributed by atoms with Gasteiger partial charge in [0.25, 0.3) is 5.91 Å². The van der Waals surface area contributed by atoms with Gasteiger partial charge in [0.2, 0.25) is 0 Å². The average molecular weight is 412 g/mol. The molecular weight excluding hydrogens is 389 g/mol. The van der Waals surface area contributed by atoms with Gasteiger partial charge in [-0.25, -0.2) is 0 Å². The third-order valence-electron chi connectivity index (χ3n) is 4.46. The lowest BCUT2D eigenvalue weighted by Crippen LogP contribution is -2.37. The lowest BCUT2D eigenvalue weighted by atomic mass is 9.86. The van der Waals surface area contributed by atoms with Crippen LogP contribution in [0.25, 0.3) is 0 Å². The highest BCUT2D eigenvalue weighted by atomic mass is 19.4. The summed E-state index contributed by atoms with van der Waals surface area (Å²) in [6.45, 7) is 4.27. The molecule has 8 nitrogen and oxygen atoms in total. The number of ether oxygens (including phenoxy) is 1. The van der Waals surface area contributed by atoms with Gasteiger partial charge in [0.1, 0.15) is 11.4 Å². The summed E-state index contributed by atoms with van der Waals surface area (Å²) in [4.78, 5) is 18.2. The highest BCUT2D eigenvalue weighted by molar-refractivity contribution is 5.93. The smallest absolute Gasteiger partial charge is 0.422 e. The van der Waals surface area contributed by atoms with E-state index in [1.807, 2.05) is 20.8 Å². The molecule has 158 valence electrons. The summed E-state index contributed by atoms with van der Waals surface area (Å²) in [6, 6.07) is 0.687. The zero-order chi connectivity index (χ0) is 21.4. The summed E-state index contributed by atoms with van der Waals surface area (Å²) in [6.07, 6.45) is -1.33. The van der Waals surface area contributed by atoms with E-state index in [0.29, 0.717) is 11.4 Å². The molecule has 1 aliphatic carbocycles. The number of carbonyl (C=O) groups excluding carboxylic acids is 1. The van der Waals surface area contributed by atoms with Crippen LogP contribution < -0.4 is 10.1 Å². The Balaban J connectivity index is 1.83. The molecule has 29 heavy (non-hydrogen) atoms. The molecule has 1 fully saturated rings. The normalized spacial score (nSPS) is 15.8. The minimum atomic E-state index is -4.47. The van der Waals surface area contributed by atoms with E-state index in [1.54, 1.807) is 7.05 Å². The van der Waals surface area contributed by atoms with Crippen LogP contribution in [0, 0.1) is 5.41 Å². The van der Waals surface area contributed by atoms with Crippen molar-refractivity contribution in [3.63, 3.8) is 0 Å². The minimum absolute atomic E-state index is 0.0370. The first kappa shape index (κ1) is 21.0. The van der Waals surface area contributed by atoms with Crippen LogP contribution in [-0.2, 0) is 7.05 Å². The van der Waals surface area contributed by atoms with Crippen LogP contribution in [-0.4, -0.2) is 43.9 Å². The topological polar surface area (TPSA) is 94.8 Å². The van der Waals surface area contributed by atoms with Crippen LogP contribution in [0.15, 0.2) is 12.3 Å². The molecule has 0 unspecified atom stereocenters. The Bertz CT molecular complexity index is 886. The van der Waals surface area contributed by atoms with Crippen molar-refractivity contribution < 1.29 is 22.7 Å². The second kappa shape index (κ2) is 7.60. The molecule has 1 amide bonds. The average Bonchev–Trinajstić information content (AvgIpc) is 3.37. The van der Waals surface area contributed by atoms with Crippen LogP contribution in [0.4, 0.5) is 13.2 Å². The second-order valence-corrected chi connectivity index (χ2v) is 8.20. The fourth-order valence-electron chi connectivity index (χ4n) is 2.84. The van der Waals surface area contributed by atoms with E-state index in [4.69, 9.17) is 4.74 Å². The number of nitrogens with zero attached hydrogens (tertiary/aromatic N) is 5. The third-order valence-corrected chi connectivity index (χ3v) is 4.46. The van der Waals surface area contributed by atoms with Gasteiger partial charge in [0.15, 0.2) is 12.4 Å². The molecule has 0 spiro atoms. The highest BCUT2D eigenvalue weighted by Gasteiger charge is 2.34. The summed E-state index contributed by atoms with van der Waals surface area (Å²) < 4.78 is 42.8. The molecule has 0 aromatic carbocycles. The van der Waals surface area contributed by atoms with Crippen molar-refractivity contribution in [1.82, 2.24) is 30.5 Å². The molecule has 1 N–H and O–H groups in total. The Hall–Kier alpha value is -2.72. The molecule has 0 aliphatic heterocycles. The van der Waals surface area contributed by atoms with Crippen molar-refractivity contribution >= 4 is 5.91 Å². The van der Waals surface area contributed by atoms with E-state index in [1.165, 1.54) is 17.1 Å². The summed E-state index contributed by atoms with van der Waals surface area (Å²) in [5.41, 5.74) is 0.112. The SMILES string of the molecule is Cn1nnc([C@H](NC(=O)c2cc(OCC(F)(F)F)c(C3CC3)cn2)C(C)(C)C)n1. The highest BCUT2D eigenvalue weighted by Crippen LogP contribution is 2.44. The Kier molecular flexibility index (Phi) is 5.50. The van der Waals surface area contributed by atoms with Gasteiger partial charge in [-0.15, -0.1) is 10.2 Å². The van der Waals surface area contributed by atoms with Crippen molar-refractivity contribution in [2.24, 2.45) is 12.5 Å². The standard InChI is InChI=1S/C18H23F3N6O2/c1-17(2,3)14(15-24-26-27(4)25-15)23-16(28)12-7-13(29-9-18(19,20)21)11(8-22-12)10-5-6-10/h7-8,10,14H,5-6,9H2,1-4H3,(H,23,28)/t14-/m0/s1. The molecule has 1 saturated carbocycles. The lowest BCUT2D eigenvalue weighted by molar-refractivity contribution is -0.153. The first-order valence-corrected chi connectivity index (χ1v) is 9.18. The zero-order valence-corrected chi connectivity index (χ0v) is 16.6. The molecule has 0 radical (unpaired) electrons. The number of carbonyl (C=O) groups is 1. The van der Waals surface area contributed by atoms with E-state index < -0.39 is 30.1 Å². The maximum Gasteiger partial charge on any atom is 0.422 e. The van der Waals surface area contributed by atoms with Crippen LogP contribution in [0.2, 0.25) is 0 Å². The first-order valence-electron chi connectivity index (χ1n) is 9.18. The Morgan fingerprint density at radius 1 is 1.34 bits per heavy atom. The van der Waals surface area contributed by atoms with E-state index in [2.05, 4.69) is 25.7 Å². The lowest BCUT2D eigenvalue weighted by Gasteiger charge is -2.28. The van der Waals surface area contributed by atoms with E-state index in [9.17, 15) is 18.0 Å². The van der Waals surface area contributed by atoms with Crippen LogP contribution >= 0.6 is 0 Å². The number of nitrogens with one attached hydrogen (secondary N) is 1. The van der Waals surface area contributed by atoms with Gasteiger partial charge < -0.3 is 10.1 Å². The number of aromatic nitrogens is 5. The van der Waals surface area contributed by atoms with Crippen LogP contribution in [0.5, 0.6) is 5.75 Å². The molecule has 0 bridgehead atoms. The van der Waals surface area contributed by atoms with E-state index in [0.717, 1.165) is 12.8 Å². The van der Waals surface area contributed by atoms with Crippen LogP contribution in [0.3, 0.4) is 0 Å². The van der Waals surface area contributed by atoms with Crippen molar-refractivity contribution in [1.29, 1.82) is 0 Å². The predicted molar refractivity (Wildman–Crippen MR) is 96.2 cm³/mol. The van der Waals surface area contributed by atoms with Gasteiger partial charge >= 0.3 is 6.18 Å². The Labute approximate surface area is 165 Å². The summed E-state index contributed by atoms with van der Waals surface area (Å²) in [5, 5.41) is 14.7. The van der Waals surface area contributed by atoms with E-state index >= 15 is 0 Å². The maximum absolute atomic E-state index is 12.8. The molecule has 0 saturated heterocycles. The van der Waals surface area contributed by atoms with Gasteiger partial charge in [-0.05, 0) is 29.4 Å². The fraction of sp³-hybridized carbons (Fsp3) is 0.611. The monoisotopic (exact) mass is 412 g/mol. The summed E-state index contributed by atoms with van der Waals surface area (Å²) in [7, 11) is 1.61. The van der Waals surface area contributed by atoms with Gasteiger partial charge in [0.05, 0.1) is 13.1 Å². The number of amides is 1. The second-order valence-electron chi connectivity index (χ2n) is 8.20. The van der Waals surface area contributed by atoms with E-state index in [-0.39, 0.29) is 17.4 Å². The number of pyridine rings is 1. The van der Waals surface area contributed by atoms with Crippen LogP contribution in [0.1, 0.15) is 67.4 Å². The van der Waals surface area contributed by atoms with Crippen molar-refractivity contribution in [2.75, 3.05) is 6.61 Å². The molecule has 2 aromatic heterocycles. The third kappa shape index (κ3) is 5.42. The number of aryl methyl sites for hydroxylation is 1. The molecule has 11 heteroatoms. The predicted octanol–water partition coefficient (Wildman–Crippen LogP) is 2.94. The quantitative estimate of drug-likeness (QED) is 0.784. The number of halogens is 3. The van der Waals surface area contributed by atoms with Gasteiger partial charge in [-0.2, -0.15) is 18.0 Å².